The van der Waals surface area contributed by atoms with Gasteiger partial charge in [0.15, 0.2) is 0 Å². The Labute approximate surface area is 97.3 Å². The van der Waals surface area contributed by atoms with E-state index in [4.69, 9.17) is 0 Å². The summed E-state index contributed by atoms with van der Waals surface area (Å²) in [5, 5.41) is 0. The summed E-state index contributed by atoms with van der Waals surface area (Å²) in [6.45, 7) is 3.61. The molecule has 0 unspecified atom stereocenters. The number of sulfonamides is 1. The summed E-state index contributed by atoms with van der Waals surface area (Å²) >= 11 is 0. The van der Waals surface area contributed by atoms with Crippen molar-refractivity contribution in [2.24, 2.45) is 0 Å². The molecule has 0 aliphatic rings. The maximum Gasteiger partial charge on any atom is 0.232 e. The summed E-state index contributed by atoms with van der Waals surface area (Å²) in [5.74, 6) is 0.0815. The molecule has 1 rings (SSSR count). The van der Waals surface area contributed by atoms with Crippen LogP contribution >= 0.6 is 0 Å². The monoisotopic (exact) mass is 242 g/mol. The molecule has 0 heterocycles. The van der Waals surface area contributed by atoms with Crippen LogP contribution in [-0.4, -0.2) is 28.3 Å². The van der Waals surface area contributed by atoms with E-state index in [0.29, 0.717) is 5.69 Å². The zero-order valence-corrected chi connectivity index (χ0v) is 10.9. The van der Waals surface area contributed by atoms with E-state index in [1.54, 1.807) is 13.0 Å². The minimum Gasteiger partial charge on any atom is -0.377 e. The van der Waals surface area contributed by atoms with Crippen molar-refractivity contribution in [2.75, 3.05) is 29.5 Å². The number of nitrogens with zero attached hydrogens (tertiary/aromatic N) is 1. The van der Waals surface area contributed by atoms with Crippen molar-refractivity contribution in [3.63, 3.8) is 0 Å². The minimum atomic E-state index is -3.20. The number of hydrogen-bond donors (Lipinski definition) is 1. The average Bonchev–Trinajstić information content (AvgIpc) is 2.20. The fraction of sp³-hybridized carbons (Fsp3) is 0.455. The molecule has 0 bridgehead atoms. The van der Waals surface area contributed by atoms with E-state index in [2.05, 4.69) is 4.72 Å². The van der Waals surface area contributed by atoms with Gasteiger partial charge in [-0.05, 0) is 31.5 Å². The van der Waals surface area contributed by atoms with Crippen molar-refractivity contribution >= 4 is 21.4 Å². The summed E-state index contributed by atoms with van der Waals surface area (Å²) < 4.78 is 25.4. The molecule has 0 atom stereocenters. The van der Waals surface area contributed by atoms with Gasteiger partial charge in [0.25, 0.3) is 0 Å². The summed E-state index contributed by atoms with van der Waals surface area (Å²) in [7, 11) is 0.666. The molecule has 90 valence electrons. The highest BCUT2D eigenvalue weighted by atomic mass is 32.2. The zero-order valence-electron chi connectivity index (χ0n) is 10.1. The molecule has 0 fully saturated rings. The van der Waals surface area contributed by atoms with E-state index in [0.717, 1.165) is 11.3 Å². The molecule has 0 aliphatic carbocycles. The van der Waals surface area contributed by atoms with Crippen molar-refractivity contribution in [2.45, 2.75) is 13.8 Å². The topological polar surface area (TPSA) is 49.4 Å². The van der Waals surface area contributed by atoms with E-state index in [1.807, 2.05) is 38.1 Å². The summed E-state index contributed by atoms with van der Waals surface area (Å²) in [6.07, 6.45) is 0. The first-order chi connectivity index (χ1) is 7.35. The van der Waals surface area contributed by atoms with Gasteiger partial charge in [0.05, 0.1) is 11.4 Å². The van der Waals surface area contributed by atoms with Gasteiger partial charge in [-0.2, -0.15) is 0 Å². The molecule has 1 N–H and O–H groups in total. The third kappa shape index (κ3) is 3.13. The molecule has 0 saturated carbocycles. The highest BCUT2D eigenvalue weighted by Crippen LogP contribution is 2.23. The second kappa shape index (κ2) is 4.74. The predicted octanol–water partition coefficient (Wildman–Crippen LogP) is 1.82. The molecule has 16 heavy (non-hydrogen) atoms. The van der Waals surface area contributed by atoms with Gasteiger partial charge in [0.2, 0.25) is 10.0 Å². The summed E-state index contributed by atoms with van der Waals surface area (Å²) in [5.41, 5.74) is 2.73. The van der Waals surface area contributed by atoms with Crippen LogP contribution in [0.15, 0.2) is 18.2 Å². The molecule has 1 aromatic carbocycles. The normalized spacial score (nSPS) is 11.2. The van der Waals surface area contributed by atoms with Crippen molar-refractivity contribution < 1.29 is 8.42 Å². The molecule has 0 spiro atoms. The van der Waals surface area contributed by atoms with E-state index in [-0.39, 0.29) is 5.75 Å². The van der Waals surface area contributed by atoms with E-state index >= 15 is 0 Å². The highest BCUT2D eigenvalue weighted by Gasteiger charge is 2.08. The SMILES string of the molecule is CCS(=O)(=O)Nc1ccc(C)c(N(C)C)c1. The lowest BCUT2D eigenvalue weighted by Crippen LogP contribution is -2.16. The Bertz CT molecular complexity index is 467. The van der Waals surface area contributed by atoms with Crippen molar-refractivity contribution in [3.05, 3.63) is 23.8 Å². The van der Waals surface area contributed by atoms with Crippen LogP contribution in [-0.2, 0) is 10.0 Å². The predicted molar refractivity (Wildman–Crippen MR) is 68.6 cm³/mol. The zero-order chi connectivity index (χ0) is 12.3. The Balaban J connectivity index is 3.05. The first-order valence-electron chi connectivity index (χ1n) is 5.14. The fourth-order valence-corrected chi connectivity index (χ4v) is 2.04. The molecule has 1 aromatic rings. The maximum absolute atomic E-state index is 11.4. The van der Waals surface area contributed by atoms with Gasteiger partial charge in [-0.3, -0.25) is 4.72 Å². The van der Waals surface area contributed by atoms with Gasteiger partial charge in [-0.25, -0.2) is 8.42 Å². The number of benzene rings is 1. The molecule has 0 radical (unpaired) electrons. The van der Waals surface area contributed by atoms with Crippen LogP contribution in [0.25, 0.3) is 0 Å². The Kier molecular flexibility index (Phi) is 3.80. The lowest BCUT2D eigenvalue weighted by atomic mass is 10.2. The molecule has 0 aromatic heterocycles. The van der Waals surface area contributed by atoms with Crippen molar-refractivity contribution in [1.82, 2.24) is 0 Å². The van der Waals surface area contributed by atoms with Crippen LogP contribution in [0.4, 0.5) is 11.4 Å². The molecule has 0 saturated heterocycles. The van der Waals surface area contributed by atoms with E-state index in [1.165, 1.54) is 0 Å². The first-order valence-corrected chi connectivity index (χ1v) is 6.79. The summed E-state index contributed by atoms with van der Waals surface area (Å²) in [4.78, 5) is 1.96. The number of hydrogen-bond acceptors (Lipinski definition) is 3. The third-order valence-electron chi connectivity index (χ3n) is 2.34. The van der Waals surface area contributed by atoms with Crippen molar-refractivity contribution in [1.29, 1.82) is 0 Å². The number of anilines is 2. The molecular formula is C11H18N2O2S. The van der Waals surface area contributed by atoms with Crippen molar-refractivity contribution in [3.8, 4) is 0 Å². The Morgan fingerprint density at radius 2 is 1.94 bits per heavy atom. The number of nitrogens with one attached hydrogen (secondary N) is 1. The smallest absolute Gasteiger partial charge is 0.232 e. The molecule has 5 heteroatoms. The largest absolute Gasteiger partial charge is 0.377 e. The third-order valence-corrected chi connectivity index (χ3v) is 3.65. The highest BCUT2D eigenvalue weighted by molar-refractivity contribution is 7.92. The quantitative estimate of drug-likeness (QED) is 0.876. The van der Waals surface area contributed by atoms with E-state index in [9.17, 15) is 8.42 Å². The van der Waals surface area contributed by atoms with Crippen LogP contribution in [0, 0.1) is 6.92 Å². The lowest BCUT2D eigenvalue weighted by Gasteiger charge is -2.17. The lowest BCUT2D eigenvalue weighted by molar-refractivity contribution is 0.602. The number of aryl methyl sites for hydroxylation is 1. The molecule has 4 nitrogen and oxygen atoms in total. The van der Waals surface area contributed by atoms with Crippen LogP contribution in [0.2, 0.25) is 0 Å². The average molecular weight is 242 g/mol. The fourth-order valence-electron chi connectivity index (χ4n) is 1.41. The molecule has 0 amide bonds. The van der Waals surface area contributed by atoms with Crippen LogP contribution in [0.3, 0.4) is 0 Å². The number of rotatable bonds is 4. The molecular weight excluding hydrogens is 224 g/mol. The maximum atomic E-state index is 11.4. The van der Waals surface area contributed by atoms with Crippen LogP contribution in [0.5, 0.6) is 0 Å². The standard InChI is InChI=1S/C11H18N2O2S/c1-5-16(14,15)12-10-7-6-9(2)11(8-10)13(3)4/h6-8,12H,5H2,1-4H3. The second-order valence-corrected chi connectivity index (χ2v) is 5.91. The van der Waals surface area contributed by atoms with Gasteiger partial charge < -0.3 is 4.90 Å². The molecule has 0 aliphatic heterocycles. The van der Waals surface area contributed by atoms with Crippen LogP contribution < -0.4 is 9.62 Å². The van der Waals surface area contributed by atoms with Gasteiger partial charge in [-0.15, -0.1) is 0 Å². The van der Waals surface area contributed by atoms with Gasteiger partial charge in [0.1, 0.15) is 0 Å². The first kappa shape index (κ1) is 12.8. The second-order valence-electron chi connectivity index (χ2n) is 3.90. The van der Waals surface area contributed by atoms with Gasteiger partial charge in [-0.1, -0.05) is 6.07 Å². The van der Waals surface area contributed by atoms with E-state index < -0.39 is 10.0 Å². The summed E-state index contributed by atoms with van der Waals surface area (Å²) in [6, 6.07) is 5.51. The van der Waals surface area contributed by atoms with Gasteiger partial charge in [0, 0.05) is 19.8 Å². The Morgan fingerprint density at radius 3 is 2.44 bits per heavy atom. The van der Waals surface area contributed by atoms with Gasteiger partial charge >= 0.3 is 0 Å². The Morgan fingerprint density at radius 1 is 1.31 bits per heavy atom. The minimum absolute atomic E-state index is 0.0815. The van der Waals surface area contributed by atoms with Crippen LogP contribution in [0.1, 0.15) is 12.5 Å². The Hall–Kier alpha value is -1.23.